The third-order valence-electron chi connectivity index (χ3n) is 5.87. The van der Waals surface area contributed by atoms with E-state index >= 15 is 0 Å². The van der Waals surface area contributed by atoms with Gasteiger partial charge in [0.1, 0.15) is 0 Å². The Labute approximate surface area is 223 Å². The molecule has 35 heavy (non-hydrogen) atoms. The van der Waals surface area contributed by atoms with Gasteiger partial charge in [0.2, 0.25) is 0 Å². The molecule has 5 aromatic rings. The number of rotatable bonds is 5. The molecule has 0 aromatic heterocycles. The summed E-state index contributed by atoms with van der Waals surface area (Å²) in [4.78, 5) is 0. The Hall–Kier alpha value is -3.37. The first-order valence-corrected chi connectivity index (χ1v) is 12.9. The molecule has 1 N–H and O–H groups in total. The van der Waals surface area contributed by atoms with Gasteiger partial charge in [-0.2, -0.15) is 0 Å². The van der Waals surface area contributed by atoms with Crippen molar-refractivity contribution in [1.82, 2.24) is 0 Å². The maximum absolute atomic E-state index is 3.36. The molecular formula is C33H30IN. The molecular weight excluding hydrogens is 537 g/mol. The molecule has 0 saturated heterocycles. The molecule has 1 nitrogen and oxygen atoms in total. The molecule has 0 unspecified atom stereocenters. The van der Waals surface area contributed by atoms with Crippen LogP contribution in [0, 0.1) is 17.4 Å². The van der Waals surface area contributed by atoms with Crippen LogP contribution in [-0.4, -0.2) is 0 Å². The summed E-state index contributed by atoms with van der Waals surface area (Å²) in [6.07, 6.45) is 0. The summed E-state index contributed by atoms with van der Waals surface area (Å²) in [6.45, 7) is 4.19. The van der Waals surface area contributed by atoms with Crippen LogP contribution >= 0.6 is 22.6 Å². The fraction of sp³-hybridized carbons (Fsp3) is 0.0909. The van der Waals surface area contributed by atoms with Gasteiger partial charge in [-0.1, -0.05) is 114 Å². The molecule has 5 aromatic carbocycles. The average molecular weight is 568 g/mol. The molecule has 0 heterocycles. The van der Waals surface area contributed by atoms with E-state index in [1.54, 1.807) is 0 Å². The van der Waals surface area contributed by atoms with E-state index < -0.39 is 0 Å². The minimum atomic E-state index is 0.297. The third kappa shape index (κ3) is 7.06. The second-order valence-corrected chi connectivity index (χ2v) is 9.80. The van der Waals surface area contributed by atoms with Crippen LogP contribution in [0.1, 0.15) is 33.7 Å². The molecule has 0 aliphatic carbocycles. The molecule has 0 saturated carbocycles. The van der Waals surface area contributed by atoms with Crippen LogP contribution in [0.15, 0.2) is 133 Å². The summed E-state index contributed by atoms with van der Waals surface area (Å²) in [7, 11) is 0. The normalized spacial score (nSPS) is 10.4. The maximum Gasteiger partial charge on any atom is 0.0384 e. The van der Waals surface area contributed by atoms with Crippen molar-refractivity contribution in [2.45, 2.75) is 19.8 Å². The molecule has 0 amide bonds. The Kier molecular flexibility index (Phi) is 8.74. The zero-order valence-corrected chi connectivity index (χ0v) is 22.3. The Morgan fingerprint density at radius 3 is 1.31 bits per heavy atom. The molecule has 0 radical (unpaired) electrons. The highest BCUT2D eigenvalue weighted by Crippen LogP contribution is 2.34. The molecule has 0 bridgehead atoms. The second-order valence-electron chi connectivity index (χ2n) is 8.63. The lowest BCUT2D eigenvalue weighted by Crippen LogP contribution is -2.04. The van der Waals surface area contributed by atoms with Crippen molar-refractivity contribution >= 4 is 34.0 Å². The molecule has 0 spiro atoms. The van der Waals surface area contributed by atoms with Crippen molar-refractivity contribution in [2.75, 3.05) is 5.32 Å². The van der Waals surface area contributed by atoms with Gasteiger partial charge in [0, 0.05) is 20.9 Å². The van der Waals surface area contributed by atoms with Crippen molar-refractivity contribution in [3.63, 3.8) is 0 Å². The van der Waals surface area contributed by atoms with Gasteiger partial charge in [-0.05, 0) is 83.5 Å². The van der Waals surface area contributed by atoms with E-state index in [1.165, 1.54) is 31.4 Å². The van der Waals surface area contributed by atoms with Crippen LogP contribution in [-0.2, 0) is 0 Å². The van der Waals surface area contributed by atoms with Crippen molar-refractivity contribution in [3.05, 3.63) is 165 Å². The predicted octanol–water partition coefficient (Wildman–Crippen LogP) is 9.52. The first kappa shape index (κ1) is 24.7. The highest BCUT2D eigenvalue weighted by Gasteiger charge is 2.18. The van der Waals surface area contributed by atoms with Gasteiger partial charge in [-0.25, -0.2) is 0 Å². The number of aryl methyl sites for hydroxylation is 2. The van der Waals surface area contributed by atoms with E-state index in [0.717, 1.165) is 11.4 Å². The smallest absolute Gasteiger partial charge is 0.0384 e. The van der Waals surface area contributed by atoms with Crippen LogP contribution in [0.2, 0.25) is 0 Å². The van der Waals surface area contributed by atoms with Crippen LogP contribution in [0.5, 0.6) is 0 Å². The van der Waals surface area contributed by atoms with Crippen molar-refractivity contribution in [3.8, 4) is 0 Å². The second kappa shape index (κ2) is 12.4. The summed E-state index contributed by atoms with van der Waals surface area (Å²) in [6, 6.07) is 46.8. The highest BCUT2D eigenvalue weighted by atomic mass is 127. The van der Waals surface area contributed by atoms with Gasteiger partial charge >= 0.3 is 0 Å². The van der Waals surface area contributed by atoms with Gasteiger partial charge < -0.3 is 5.32 Å². The van der Waals surface area contributed by atoms with Crippen LogP contribution in [0.3, 0.4) is 0 Å². The minimum Gasteiger partial charge on any atom is -0.356 e. The third-order valence-corrected chi connectivity index (χ3v) is 6.86. The van der Waals surface area contributed by atoms with E-state index in [0.29, 0.717) is 5.92 Å². The van der Waals surface area contributed by atoms with Gasteiger partial charge in [0.15, 0.2) is 0 Å². The maximum atomic E-state index is 3.36. The van der Waals surface area contributed by atoms with E-state index in [4.69, 9.17) is 0 Å². The molecule has 0 fully saturated rings. The molecule has 2 heteroatoms. The minimum absolute atomic E-state index is 0.297. The Bertz CT molecular complexity index is 1230. The topological polar surface area (TPSA) is 12.0 Å². The fourth-order valence-corrected chi connectivity index (χ4v) is 4.69. The monoisotopic (exact) mass is 567 g/mol. The molecule has 174 valence electrons. The van der Waals surface area contributed by atoms with Crippen LogP contribution in [0.4, 0.5) is 11.4 Å². The standard InChI is InChI=1S/C19H15I.C14H15N/c20-18-14-8-7-13-17(18)19(15-9-3-1-4-10-15)16-11-5-2-6-12-16;1-11-3-7-13(8-4-11)15-14-9-5-12(2)6-10-14/h1-14,19H;3-10,15H,1-2H3. The van der Waals surface area contributed by atoms with Crippen molar-refractivity contribution in [1.29, 1.82) is 0 Å². The number of benzene rings is 5. The SMILES string of the molecule is Cc1ccc(Nc2ccc(C)cc2)cc1.Ic1ccccc1C(c1ccccc1)c1ccccc1. The summed E-state index contributed by atoms with van der Waals surface area (Å²) >= 11 is 2.43. The lowest BCUT2D eigenvalue weighted by Gasteiger charge is -2.20. The number of anilines is 2. The number of hydrogen-bond donors (Lipinski definition) is 1. The zero-order valence-electron chi connectivity index (χ0n) is 20.2. The zero-order chi connectivity index (χ0) is 24.5. The number of nitrogens with one attached hydrogen (secondary N) is 1. The summed E-state index contributed by atoms with van der Waals surface area (Å²) in [5, 5.41) is 3.36. The Morgan fingerprint density at radius 1 is 0.486 bits per heavy atom. The number of hydrogen-bond acceptors (Lipinski definition) is 1. The van der Waals surface area contributed by atoms with Gasteiger partial charge in [-0.3, -0.25) is 0 Å². The summed E-state index contributed by atoms with van der Waals surface area (Å²) in [5.41, 5.74) is 8.86. The van der Waals surface area contributed by atoms with E-state index in [-0.39, 0.29) is 0 Å². The van der Waals surface area contributed by atoms with Gasteiger partial charge in [0.25, 0.3) is 0 Å². The summed E-state index contributed by atoms with van der Waals surface area (Å²) in [5.74, 6) is 0.297. The fourth-order valence-electron chi connectivity index (χ4n) is 3.99. The first-order valence-electron chi connectivity index (χ1n) is 11.8. The Balaban J connectivity index is 0.000000172. The molecule has 0 atom stereocenters. The lowest BCUT2D eigenvalue weighted by atomic mass is 9.85. The van der Waals surface area contributed by atoms with Crippen molar-refractivity contribution in [2.24, 2.45) is 0 Å². The quantitative estimate of drug-likeness (QED) is 0.165. The predicted molar refractivity (Wildman–Crippen MR) is 159 cm³/mol. The van der Waals surface area contributed by atoms with Crippen molar-refractivity contribution < 1.29 is 0 Å². The van der Waals surface area contributed by atoms with Gasteiger partial charge in [-0.15, -0.1) is 0 Å². The lowest BCUT2D eigenvalue weighted by molar-refractivity contribution is 0.969. The largest absolute Gasteiger partial charge is 0.356 e. The van der Waals surface area contributed by atoms with Crippen LogP contribution < -0.4 is 5.32 Å². The van der Waals surface area contributed by atoms with Gasteiger partial charge in [0.05, 0.1) is 0 Å². The Morgan fingerprint density at radius 2 is 0.886 bits per heavy atom. The molecule has 0 aliphatic heterocycles. The van der Waals surface area contributed by atoms with E-state index in [1.807, 2.05) is 0 Å². The van der Waals surface area contributed by atoms with E-state index in [9.17, 15) is 0 Å². The number of halogens is 1. The molecule has 5 rings (SSSR count). The molecule has 0 aliphatic rings. The highest BCUT2D eigenvalue weighted by molar-refractivity contribution is 14.1. The average Bonchev–Trinajstić information content (AvgIpc) is 2.90. The first-order chi connectivity index (χ1) is 17.1. The van der Waals surface area contributed by atoms with Crippen LogP contribution in [0.25, 0.3) is 0 Å². The van der Waals surface area contributed by atoms with E-state index in [2.05, 4.69) is 175 Å². The summed E-state index contributed by atoms with van der Waals surface area (Å²) < 4.78 is 1.31.